The van der Waals surface area contributed by atoms with Gasteiger partial charge in [0.2, 0.25) is 11.8 Å². The minimum absolute atomic E-state index is 0.00316. The molecule has 178 valence electrons. The molecule has 2 aliphatic heterocycles. The summed E-state index contributed by atoms with van der Waals surface area (Å²) in [5.74, 6) is -1.19. The van der Waals surface area contributed by atoms with Gasteiger partial charge in [-0.15, -0.1) is 0 Å². The number of rotatable bonds is 6. The van der Waals surface area contributed by atoms with E-state index in [0.717, 1.165) is 17.8 Å². The van der Waals surface area contributed by atoms with Crippen LogP contribution in [0.25, 0.3) is 0 Å². The zero-order valence-corrected chi connectivity index (χ0v) is 19.5. The monoisotopic (exact) mass is 456 g/mol. The Balaban J connectivity index is 1.67. The third kappa shape index (κ3) is 6.18. The molecule has 1 unspecified atom stereocenters. The Morgan fingerprint density at radius 3 is 2.45 bits per heavy atom. The molecule has 1 atom stereocenters. The maximum Gasteiger partial charge on any atom is 0.328 e. The molecule has 1 aromatic rings. The number of methoxy groups -OCH3 is 1. The van der Waals surface area contributed by atoms with E-state index in [1.165, 1.54) is 14.0 Å². The van der Waals surface area contributed by atoms with Crippen molar-refractivity contribution >= 4 is 23.7 Å². The summed E-state index contributed by atoms with van der Waals surface area (Å²) in [6, 6.07) is 2.73. The number of amides is 3. The number of hydrogen-bond acceptors (Lipinski definition) is 6. The van der Waals surface area contributed by atoms with Crippen molar-refractivity contribution in [3.8, 4) is 0 Å². The lowest BCUT2D eigenvalue weighted by Crippen LogP contribution is -2.46. The number of aryl methyl sites for hydroxylation is 1. The summed E-state index contributed by atoms with van der Waals surface area (Å²) in [6.07, 6.45) is 6.14. The Hall–Kier alpha value is -3.23. The van der Waals surface area contributed by atoms with Crippen LogP contribution in [0.4, 0.5) is 0 Å². The second-order valence-electron chi connectivity index (χ2n) is 8.53. The van der Waals surface area contributed by atoms with Crippen molar-refractivity contribution in [1.29, 1.82) is 0 Å². The van der Waals surface area contributed by atoms with E-state index in [4.69, 9.17) is 9.72 Å². The standard InChI is InChI=1S/C24H32N4O5/c1-16-7-8-19(23(31)28-11-5-4-6-12-28)22(25-16)18-9-13-27(14-10-18)21(30)15-20(24(32)33-3)26-17(2)29/h4-5,7-8,18,20H,6,9-15H2,1-3H3,(H,26,29). The molecule has 1 fully saturated rings. The first-order valence-electron chi connectivity index (χ1n) is 11.3. The van der Waals surface area contributed by atoms with Gasteiger partial charge in [0, 0.05) is 44.7 Å². The lowest BCUT2D eigenvalue weighted by molar-refractivity contribution is -0.148. The number of carbonyl (C=O) groups excluding carboxylic acids is 4. The summed E-state index contributed by atoms with van der Waals surface area (Å²) in [6.45, 7) is 5.50. The number of pyridine rings is 1. The summed E-state index contributed by atoms with van der Waals surface area (Å²) >= 11 is 0. The van der Waals surface area contributed by atoms with Gasteiger partial charge in [0.05, 0.1) is 24.8 Å². The molecule has 9 nitrogen and oxygen atoms in total. The Labute approximate surface area is 194 Å². The van der Waals surface area contributed by atoms with Crippen LogP contribution in [-0.2, 0) is 19.1 Å². The number of piperidine rings is 1. The first-order valence-corrected chi connectivity index (χ1v) is 11.3. The van der Waals surface area contributed by atoms with Crippen molar-refractivity contribution < 1.29 is 23.9 Å². The SMILES string of the molecule is COC(=O)C(CC(=O)N1CCC(c2nc(C)ccc2C(=O)N2CC=CCC2)CC1)NC(C)=O. The molecule has 1 saturated heterocycles. The molecule has 0 bridgehead atoms. The Kier molecular flexibility index (Phi) is 8.19. The van der Waals surface area contributed by atoms with Crippen LogP contribution in [-0.4, -0.2) is 77.8 Å². The molecule has 0 radical (unpaired) electrons. The zero-order chi connectivity index (χ0) is 24.0. The number of hydrogen-bond donors (Lipinski definition) is 1. The maximum absolute atomic E-state index is 13.2. The van der Waals surface area contributed by atoms with Crippen LogP contribution in [0.5, 0.6) is 0 Å². The van der Waals surface area contributed by atoms with Crippen LogP contribution >= 0.6 is 0 Å². The van der Waals surface area contributed by atoms with E-state index >= 15 is 0 Å². The molecule has 0 aliphatic carbocycles. The normalized spacial score (nSPS) is 17.4. The first kappa shape index (κ1) is 24.4. The van der Waals surface area contributed by atoms with E-state index in [-0.39, 0.29) is 24.2 Å². The van der Waals surface area contributed by atoms with E-state index in [0.29, 0.717) is 44.6 Å². The molecule has 9 heteroatoms. The summed E-state index contributed by atoms with van der Waals surface area (Å²) in [7, 11) is 1.22. The van der Waals surface area contributed by atoms with Gasteiger partial charge in [-0.05, 0) is 38.3 Å². The summed E-state index contributed by atoms with van der Waals surface area (Å²) < 4.78 is 4.70. The van der Waals surface area contributed by atoms with Crippen LogP contribution < -0.4 is 5.32 Å². The number of esters is 1. The summed E-state index contributed by atoms with van der Waals surface area (Å²) in [5.41, 5.74) is 2.29. The van der Waals surface area contributed by atoms with Gasteiger partial charge >= 0.3 is 5.97 Å². The molecular formula is C24H32N4O5. The van der Waals surface area contributed by atoms with Crippen molar-refractivity contribution in [2.75, 3.05) is 33.3 Å². The van der Waals surface area contributed by atoms with Gasteiger partial charge in [0.15, 0.2) is 0 Å². The number of nitrogens with one attached hydrogen (secondary N) is 1. The molecule has 1 aromatic heterocycles. The smallest absolute Gasteiger partial charge is 0.328 e. The number of nitrogens with zero attached hydrogens (tertiary/aromatic N) is 3. The topological polar surface area (TPSA) is 109 Å². The largest absolute Gasteiger partial charge is 0.467 e. The van der Waals surface area contributed by atoms with E-state index in [1.807, 2.05) is 30.0 Å². The fraction of sp³-hybridized carbons (Fsp3) is 0.542. The van der Waals surface area contributed by atoms with Crippen LogP contribution in [0.3, 0.4) is 0 Å². The number of ether oxygens (including phenoxy) is 1. The van der Waals surface area contributed by atoms with Gasteiger partial charge in [0.25, 0.3) is 5.91 Å². The fourth-order valence-electron chi connectivity index (χ4n) is 4.35. The van der Waals surface area contributed by atoms with Crippen LogP contribution in [0.15, 0.2) is 24.3 Å². The summed E-state index contributed by atoms with van der Waals surface area (Å²) in [4.78, 5) is 57.5. The average Bonchev–Trinajstić information content (AvgIpc) is 2.83. The predicted molar refractivity (Wildman–Crippen MR) is 121 cm³/mol. The molecule has 2 aliphatic rings. The number of aromatic nitrogens is 1. The highest BCUT2D eigenvalue weighted by molar-refractivity contribution is 5.95. The van der Waals surface area contributed by atoms with E-state index < -0.39 is 17.9 Å². The van der Waals surface area contributed by atoms with E-state index in [2.05, 4.69) is 11.4 Å². The second-order valence-corrected chi connectivity index (χ2v) is 8.53. The summed E-state index contributed by atoms with van der Waals surface area (Å²) in [5, 5.41) is 2.47. The van der Waals surface area contributed by atoms with Gasteiger partial charge in [-0.1, -0.05) is 12.2 Å². The first-order chi connectivity index (χ1) is 15.8. The molecule has 0 spiro atoms. The highest BCUT2D eigenvalue weighted by atomic mass is 16.5. The predicted octanol–water partition coefficient (Wildman–Crippen LogP) is 1.57. The molecule has 3 heterocycles. The van der Waals surface area contributed by atoms with Crippen LogP contribution in [0.1, 0.15) is 60.3 Å². The second kappa shape index (κ2) is 11.1. The van der Waals surface area contributed by atoms with Gasteiger partial charge < -0.3 is 19.9 Å². The van der Waals surface area contributed by atoms with E-state index in [1.54, 1.807) is 4.90 Å². The Morgan fingerprint density at radius 2 is 1.85 bits per heavy atom. The highest BCUT2D eigenvalue weighted by Crippen LogP contribution is 2.30. The number of carbonyl (C=O) groups is 4. The van der Waals surface area contributed by atoms with Crippen molar-refractivity contribution in [3.63, 3.8) is 0 Å². The molecule has 3 amide bonds. The van der Waals surface area contributed by atoms with E-state index in [9.17, 15) is 19.2 Å². The Bertz CT molecular complexity index is 937. The van der Waals surface area contributed by atoms with Crippen molar-refractivity contribution in [3.05, 3.63) is 41.2 Å². The minimum atomic E-state index is -1.00. The lowest BCUT2D eigenvalue weighted by atomic mass is 9.89. The van der Waals surface area contributed by atoms with Gasteiger partial charge in [0.1, 0.15) is 6.04 Å². The molecule has 33 heavy (non-hydrogen) atoms. The number of likely N-dealkylation sites (tertiary alicyclic amines) is 1. The van der Waals surface area contributed by atoms with Crippen LogP contribution in [0, 0.1) is 6.92 Å². The molecular weight excluding hydrogens is 424 g/mol. The minimum Gasteiger partial charge on any atom is -0.467 e. The molecule has 0 aromatic carbocycles. The van der Waals surface area contributed by atoms with Gasteiger partial charge in [-0.3, -0.25) is 19.4 Å². The average molecular weight is 457 g/mol. The van der Waals surface area contributed by atoms with Gasteiger partial charge in [-0.2, -0.15) is 0 Å². The third-order valence-corrected chi connectivity index (χ3v) is 6.12. The molecule has 1 N–H and O–H groups in total. The quantitative estimate of drug-likeness (QED) is 0.514. The fourth-order valence-corrected chi connectivity index (χ4v) is 4.35. The third-order valence-electron chi connectivity index (χ3n) is 6.12. The molecule has 0 saturated carbocycles. The van der Waals surface area contributed by atoms with Crippen molar-refractivity contribution in [1.82, 2.24) is 20.1 Å². The van der Waals surface area contributed by atoms with Gasteiger partial charge in [-0.25, -0.2) is 4.79 Å². The highest BCUT2D eigenvalue weighted by Gasteiger charge is 2.31. The van der Waals surface area contributed by atoms with Crippen molar-refractivity contribution in [2.24, 2.45) is 0 Å². The van der Waals surface area contributed by atoms with Crippen molar-refractivity contribution in [2.45, 2.75) is 51.5 Å². The Morgan fingerprint density at radius 1 is 1.12 bits per heavy atom. The zero-order valence-electron chi connectivity index (χ0n) is 19.5. The molecule has 3 rings (SSSR count). The van der Waals surface area contributed by atoms with Crippen LogP contribution in [0.2, 0.25) is 0 Å². The lowest BCUT2D eigenvalue weighted by Gasteiger charge is -2.33. The maximum atomic E-state index is 13.2.